The van der Waals surface area contributed by atoms with Gasteiger partial charge in [-0.3, -0.25) is 4.79 Å². The fourth-order valence-electron chi connectivity index (χ4n) is 1.28. The fourth-order valence-corrected chi connectivity index (χ4v) is 1.98. The van der Waals surface area contributed by atoms with E-state index in [1.54, 1.807) is 11.3 Å². The van der Waals surface area contributed by atoms with Gasteiger partial charge in [-0.2, -0.15) is 5.21 Å². The molecule has 2 aromatic heterocycles. The summed E-state index contributed by atoms with van der Waals surface area (Å²) < 4.78 is 0. The van der Waals surface area contributed by atoms with Gasteiger partial charge < -0.3 is 5.32 Å². The van der Waals surface area contributed by atoms with Gasteiger partial charge >= 0.3 is 0 Å². The van der Waals surface area contributed by atoms with Crippen molar-refractivity contribution in [1.82, 2.24) is 25.9 Å². The minimum absolute atomic E-state index is 0.0419. The fraction of sp³-hybridized carbons (Fsp3) is 0.333. The molecule has 1 amide bonds. The summed E-state index contributed by atoms with van der Waals surface area (Å²) >= 11 is 1.57. The molecule has 0 aliphatic carbocycles. The van der Waals surface area contributed by atoms with E-state index in [-0.39, 0.29) is 11.9 Å². The molecule has 7 heteroatoms. The Hall–Kier alpha value is -1.76. The van der Waals surface area contributed by atoms with E-state index in [1.807, 2.05) is 24.4 Å². The average molecular weight is 237 g/mol. The molecule has 84 valence electrons. The lowest BCUT2D eigenvalue weighted by Gasteiger charge is -2.08. The minimum atomic E-state index is -0.230. The summed E-state index contributed by atoms with van der Waals surface area (Å²) in [6.07, 6.45) is 0.389. The van der Waals surface area contributed by atoms with E-state index in [0.717, 1.165) is 4.88 Å². The first-order valence-electron chi connectivity index (χ1n) is 4.81. The van der Waals surface area contributed by atoms with E-state index in [0.29, 0.717) is 12.2 Å². The van der Waals surface area contributed by atoms with Crippen LogP contribution in [-0.2, 0) is 11.2 Å². The number of H-pyrrole nitrogens is 1. The van der Waals surface area contributed by atoms with Crippen molar-refractivity contribution in [2.45, 2.75) is 19.4 Å². The Balaban J connectivity index is 1.88. The first-order chi connectivity index (χ1) is 7.75. The summed E-state index contributed by atoms with van der Waals surface area (Å²) in [7, 11) is 0. The van der Waals surface area contributed by atoms with Gasteiger partial charge in [-0.05, 0) is 18.4 Å². The number of rotatable bonds is 4. The number of carbonyl (C=O) groups is 1. The van der Waals surface area contributed by atoms with Crippen molar-refractivity contribution < 1.29 is 4.79 Å². The number of nitrogens with zero attached hydrogens (tertiary/aromatic N) is 3. The Labute approximate surface area is 96.1 Å². The zero-order chi connectivity index (χ0) is 11.4. The van der Waals surface area contributed by atoms with Gasteiger partial charge in [-0.1, -0.05) is 11.3 Å². The van der Waals surface area contributed by atoms with Crippen molar-refractivity contribution in [1.29, 1.82) is 0 Å². The van der Waals surface area contributed by atoms with E-state index in [1.165, 1.54) is 0 Å². The van der Waals surface area contributed by atoms with E-state index >= 15 is 0 Å². The van der Waals surface area contributed by atoms with Crippen LogP contribution < -0.4 is 5.32 Å². The zero-order valence-corrected chi connectivity index (χ0v) is 9.49. The summed E-state index contributed by atoms with van der Waals surface area (Å²) in [6, 6.07) is 3.63. The molecule has 0 spiro atoms. The molecular formula is C9H11N5OS. The second kappa shape index (κ2) is 4.84. The van der Waals surface area contributed by atoms with Crippen molar-refractivity contribution in [2.75, 3.05) is 0 Å². The van der Waals surface area contributed by atoms with Crippen molar-refractivity contribution in [2.24, 2.45) is 0 Å². The SMILES string of the molecule is CC(NC(=O)Cc1cccs1)c1nn[nH]n1. The van der Waals surface area contributed by atoms with Crippen LogP contribution in [-0.4, -0.2) is 26.5 Å². The van der Waals surface area contributed by atoms with E-state index in [2.05, 4.69) is 25.9 Å². The molecule has 0 aliphatic heterocycles. The largest absolute Gasteiger partial charge is 0.346 e. The molecule has 0 aliphatic rings. The highest BCUT2D eigenvalue weighted by Gasteiger charge is 2.13. The van der Waals surface area contributed by atoms with Crippen LogP contribution in [0.4, 0.5) is 0 Å². The standard InChI is InChI=1S/C9H11N5OS/c1-6(9-11-13-14-12-9)10-8(15)5-7-3-2-4-16-7/h2-4,6H,5H2,1H3,(H,10,15)(H,11,12,13,14). The summed E-state index contributed by atoms with van der Waals surface area (Å²) in [6.45, 7) is 1.82. The van der Waals surface area contributed by atoms with Gasteiger partial charge in [-0.25, -0.2) is 0 Å². The lowest BCUT2D eigenvalue weighted by Crippen LogP contribution is -2.28. The molecule has 2 N–H and O–H groups in total. The summed E-state index contributed by atoms with van der Waals surface area (Å²) in [4.78, 5) is 12.7. The molecule has 2 rings (SSSR count). The van der Waals surface area contributed by atoms with Crippen LogP contribution in [0.3, 0.4) is 0 Å². The van der Waals surface area contributed by atoms with Crippen molar-refractivity contribution in [3.05, 3.63) is 28.2 Å². The van der Waals surface area contributed by atoms with Crippen LogP contribution in [0.1, 0.15) is 23.7 Å². The molecule has 0 bridgehead atoms. The number of amides is 1. The first kappa shape index (κ1) is 10.7. The Morgan fingerprint density at radius 1 is 1.69 bits per heavy atom. The maximum absolute atomic E-state index is 11.6. The Morgan fingerprint density at radius 3 is 3.19 bits per heavy atom. The van der Waals surface area contributed by atoms with Gasteiger partial charge in [0, 0.05) is 4.88 Å². The molecule has 16 heavy (non-hydrogen) atoms. The van der Waals surface area contributed by atoms with Gasteiger partial charge in [-0.15, -0.1) is 21.5 Å². The van der Waals surface area contributed by atoms with Crippen LogP contribution >= 0.6 is 11.3 Å². The predicted molar refractivity (Wildman–Crippen MR) is 58.8 cm³/mol. The predicted octanol–water partition coefficient (Wildman–Crippen LogP) is 0.681. The van der Waals surface area contributed by atoms with Crippen LogP contribution in [0.5, 0.6) is 0 Å². The van der Waals surface area contributed by atoms with Crippen LogP contribution in [0.15, 0.2) is 17.5 Å². The van der Waals surface area contributed by atoms with Crippen molar-refractivity contribution in [3.8, 4) is 0 Å². The molecule has 6 nitrogen and oxygen atoms in total. The van der Waals surface area contributed by atoms with Gasteiger partial charge in [0.1, 0.15) is 0 Å². The van der Waals surface area contributed by atoms with E-state index < -0.39 is 0 Å². The highest BCUT2D eigenvalue weighted by molar-refractivity contribution is 7.10. The van der Waals surface area contributed by atoms with Gasteiger partial charge in [0.05, 0.1) is 12.5 Å². The third-order valence-corrected chi connectivity index (χ3v) is 2.92. The number of hydrogen-bond donors (Lipinski definition) is 2. The molecule has 2 heterocycles. The maximum atomic E-state index is 11.6. The van der Waals surface area contributed by atoms with Crippen molar-refractivity contribution >= 4 is 17.2 Å². The quantitative estimate of drug-likeness (QED) is 0.819. The Bertz CT molecular complexity index is 438. The van der Waals surface area contributed by atoms with Gasteiger partial charge in [0.2, 0.25) is 5.91 Å². The molecule has 0 saturated heterocycles. The number of carbonyl (C=O) groups excluding carboxylic acids is 1. The second-order valence-electron chi connectivity index (χ2n) is 3.32. The maximum Gasteiger partial charge on any atom is 0.225 e. The third kappa shape index (κ3) is 2.63. The topological polar surface area (TPSA) is 83.6 Å². The highest BCUT2D eigenvalue weighted by atomic mass is 32.1. The number of nitrogens with one attached hydrogen (secondary N) is 2. The third-order valence-electron chi connectivity index (χ3n) is 2.04. The zero-order valence-electron chi connectivity index (χ0n) is 8.67. The lowest BCUT2D eigenvalue weighted by molar-refractivity contribution is -0.121. The Morgan fingerprint density at radius 2 is 2.56 bits per heavy atom. The molecule has 0 fully saturated rings. The number of aromatic amines is 1. The first-order valence-corrected chi connectivity index (χ1v) is 5.69. The highest BCUT2D eigenvalue weighted by Crippen LogP contribution is 2.10. The van der Waals surface area contributed by atoms with Crippen LogP contribution in [0.25, 0.3) is 0 Å². The Kier molecular flexibility index (Phi) is 3.25. The van der Waals surface area contributed by atoms with Crippen LogP contribution in [0, 0.1) is 0 Å². The summed E-state index contributed by atoms with van der Waals surface area (Å²) in [5.74, 6) is 0.444. The number of aromatic nitrogens is 4. The number of tetrazole rings is 1. The summed E-state index contributed by atoms with van der Waals surface area (Å²) in [5, 5.41) is 18.2. The smallest absolute Gasteiger partial charge is 0.225 e. The molecule has 0 saturated carbocycles. The average Bonchev–Trinajstić information content (AvgIpc) is 2.88. The van der Waals surface area contributed by atoms with E-state index in [9.17, 15) is 4.79 Å². The lowest BCUT2D eigenvalue weighted by atomic mass is 10.3. The molecule has 0 radical (unpaired) electrons. The molecule has 1 atom stereocenters. The molecule has 1 unspecified atom stereocenters. The van der Waals surface area contributed by atoms with Crippen LogP contribution in [0.2, 0.25) is 0 Å². The van der Waals surface area contributed by atoms with E-state index in [4.69, 9.17) is 0 Å². The number of thiophene rings is 1. The molecule has 0 aromatic carbocycles. The molecular weight excluding hydrogens is 226 g/mol. The second-order valence-corrected chi connectivity index (χ2v) is 4.35. The minimum Gasteiger partial charge on any atom is -0.346 e. The number of hydrogen-bond acceptors (Lipinski definition) is 5. The van der Waals surface area contributed by atoms with Gasteiger partial charge in [0.15, 0.2) is 5.82 Å². The normalized spacial score (nSPS) is 12.3. The van der Waals surface area contributed by atoms with Gasteiger partial charge in [0.25, 0.3) is 0 Å². The molecule has 2 aromatic rings. The van der Waals surface area contributed by atoms with Crippen molar-refractivity contribution in [3.63, 3.8) is 0 Å². The monoisotopic (exact) mass is 237 g/mol. The summed E-state index contributed by atoms with van der Waals surface area (Å²) in [5.41, 5.74) is 0.